The molecule has 1 N–H and O–H groups in total. The quantitative estimate of drug-likeness (QED) is 0.876. The van der Waals surface area contributed by atoms with Gasteiger partial charge >= 0.3 is 5.97 Å². The number of carbonyl (C=O) groups is 1. The molecule has 0 amide bonds. The molecule has 1 aliphatic heterocycles. The van der Waals surface area contributed by atoms with Crippen LogP contribution < -0.4 is 0 Å². The lowest BCUT2D eigenvalue weighted by molar-refractivity contribution is -0.134. The van der Waals surface area contributed by atoms with Crippen LogP contribution >= 0.6 is 15.9 Å². The van der Waals surface area contributed by atoms with Crippen LogP contribution in [0.3, 0.4) is 0 Å². The summed E-state index contributed by atoms with van der Waals surface area (Å²) in [6, 6.07) is 6.19. The first-order valence-corrected chi connectivity index (χ1v) is 9.15. The van der Waals surface area contributed by atoms with Gasteiger partial charge in [-0.3, -0.25) is 4.79 Å². The maximum atomic E-state index is 11.9. The van der Waals surface area contributed by atoms with Crippen molar-refractivity contribution in [3.63, 3.8) is 0 Å². The Bertz CT molecular complexity index is 636. The van der Waals surface area contributed by atoms with Crippen LogP contribution in [0.25, 0.3) is 0 Å². The molecule has 1 heterocycles. The minimum Gasteiger partial charge on any atom is -0.480 e. The zero-order valence-corrected chi connectivity index (χ0v) is 14.2. The van der Waals surface area contributed by atoms with Gasteiger partial charge in [-0.05, 0) is 42.9 Å². The lowest BCUT2D eigenvalue weighted by Gasteiger charge is -2.31. The van der Waals surface area contributed by atoms with E-state index in [2.05, 4.69) is 28.1 Å². The van der Waals surface area contributed by atoms with E-state index in [1.165, 1.54) is 9.87 Å². The van der Waals surface area contributed by atoms with Gasteiger partial charge in [-0.15, -0.1) is 0 Å². The van der Waals surface area contributed by atoms with Gasteiger partial charge in [-0.2, -0.15) is 0 Å². The van der Waals surface area contributed by atoms with E-state index >= 15 is 0 Å². The Balaban J connectivity index is 2.03. The van der Waals surface area contributed by atoms with E-state index in [1.54, 1.807) is 0 Å². The summed E-state index contributed by atoms with van der Waals surface area (Å²) in [6.45, 7) is 2.80. The van der Waals surface area contributed by atoms with Crippen LogP contribution in [0, 0.1) is 6.92 Å². The van der Waals surface area contributed by atoms with Crippen molar-refractivity contribution >= 4 is 31.9 Å². The number of sulfonamides is 1. The molecule has 1 saturated heterocycles. The number of halogens is 1. The average molecular weight is 376 g/mol. The standard InChI is InChI=1S/C14H18BrNO4S/c1-10-8-12(2-3-13(10)15)11-4-6-16(7-5-11)21(19,20)9-14(17)18/h2-3,8,11H,4-7,9H2,1H3,(H,17,18). The molecule has 0 unspecified atom stereocenters. The van der Waals surface area contributed by atoms with Gasteiger partial charge in [-0.25, -0.2) is 12.7 Å². The van der Waals surface area contributed by atoms with Crippen molar-refractivity contribution in [2.75, 3.05) is 18.8 Å². The summed E-state index contributed by atoms with van der Waals surface area (Å²) in [5, 5.41) is 8.66. The molecule has 5 nitrogen and oxygen atoms in total. The summed E-state index contributed by atoms with van der Waals surface area (Å²) in [7, 11) is -3.68. The van der Waals surface area contributed by atoms with Crippen LogP contribution in [0.1, 0.15) is 29.9 Å². The third-order valence-electron chi connectivity index (χ3n) is 3.81. The predicted octanol–water partition coefficient (Wildman–Crippen LogP) is 2.35. The smallest absolute Gasteiger partial charge is 0.320 e. The summed E-state index contributed by atoms with van der Waals surface area (Å²) in [6.07, 6.45) is 1.44. The van der Waals surface area contributed by atoms with E-state index < -0.39 is 21.7 Å². The van der Waals surface area contributed by atoms with Gasteiger partial charge in [0.25, 0.3) is 0 Å². The van der Waals surface area contributed by atoms with Gasteiger partial charge < -0.3 is 5.11 Å². The van der Waals surface area contributed by atoms with Gasteiger partial charge in [0, 0.05) is 17.6 Å². The summed E-state index contributed by atoms with van der Waals surface area (Å²) in [5.41, 5.74) is 2.37. The number of aryl methyl sites for hydroxylation is 1. The van der Waals surface area contributed by atoms with Crippen molar-refractivity contribution in [3.8, 4) is 0 Å². The number of nitrogens with zero attached hydrogens (tertiary/aromatic N) is 1. The Morgan fingerprint density at radius 2 is 2.00 bits per heavy atom. The van der Waals surface area contributed by atoms with Gasteiger partial charge in [0.15, 0.2) is 5.75 Å². The fourth-order valence-corrected chi connectivity index (χ4v) is 4.14. The fourth-order valence-electron chi connectivity index (χ4n) is 2.64. The van der Waals surface area contributed by atoms with E-state index in [0.29, 0.717) is 19.0 Å². The molecule has 0 radical (unpaired) electrons. The third kappa shape index (κ3) is 4.05. The normalized spacial score (nSPS) is 17.8. The highest BCUT2D eigenvalue weighted by Gasteiger charge is 2.30. The molecular weight excluding hydrogens is 358 g/mol. The van der Waals surface area contributed by atoms with Crippen molar-refractivity contribution < 1.29 is 18.3 Å². The summed E-state index contributed by atoms with van der Waals surface area (Å²) in [5.74, 6) is -1.80. The third-order valence-corrected chi connectivity index (χ3v) is 6.46. The molecule has 1 aromatic carbocycles. The van der Waals surface area contributed by atoms with Crippen LogP contribution in [0.4, 0.5) is 0 Å². The molecule has 0 saturated carbocycles. The number of carboxylic acid groups (broad SMARTS) is 1. The molecule has 1 aromatic rings. The molecule has 0 atom stereocenters. The second-order valence-corrected chi connectivity index (χ2v) is 8.16. The molecular formula is C14H18BrNO4S. The van der Waals surface area contributed by atoms with Gasteiger partial charge in [0.05, 0.1) is 0 Å². The Kier molecular flexibility index (Phi) is 5.06. The molecule has 0 aliphatic carbocycles. The molecule has 116 valence electrons. The first-order chi connectivity index (χ1) is 9.79. The average Bonchev–Trinajstić information content (AvgIpc) is 2.41. The molecule has 0 spiro atoms. The number of piperidine rings is 1. The zero-order chi connectivity index (χ0) is 15.6. The molecule has 0 bridgehead atoms. The first kappa shape index (κ1) is 16.5. The van der Waals surface area contributed by atoms with E-state index in [9.17, 15) is 13.2 Å². The fraction of sp³-hybridized carbons (Fsp3) is 0.500. The molecule has 1 aliphatic rings. The van der Waals surface area contributed by atoms with Gasteiger partial charge in [-0.1, -0.05) is 28.1 Å². The minimum absolute atomic E-state index is 0.327. The van der Waals surface area contributed by atoms with E-state index in [1.807, 2.05) is 13.0 Å². The molecule has 0 aromatic heterocycles. The minimum atomic E-state index is -3.68. The van der Waals surface area contributed by atoms with Crippen molar-refractivity contribution in [1.29, 1.82) is 0 Å². The van der Waals surface area contributed by atoms with Crippen LogP contribution in [-0.4, -0.2) is 42.6 Å². The SMILES string of the molecule is Cc1cc(C2CCN(S(=O)(=O)CC(=O)O)CC2)ccc1Br. The van der Waals surface area contributed by atoms with Gasteiger partial charge in [0.1, 0.15) is 0 Å². The first-order valence-electron chi connectivity index (χ1n) is 6.75. The number of hydrogen-bond acceptors (Lipinski definition) is 3. The van der Waals surface area contributed by atoms with E-state index in [4.69, 9.17) is 5.11 Å². The van der Waals surface area contributed by atoms with Gasteiger partial charge in [0.2, 0.25) is 10.0 Å². The molecule has 1 fully saturated rings. The van der Waals surface area contributed by atoms with Crippen molar-refractivity contribution in [2.24, 2.45) is 0 Å². The molecule has 21 heavy (non-hydrogen) atoms. The summed E-state index contributed by atoms with van der Waals surface area (Å²) in [4.78, 5) is 10.6. The lowest BCUT2D eigenvalue weighted by Crippen LogP contribution is -2.40. The predicted molar refractivity (Wildman–Crippen MR) is 83.8 cm³/mol. The number of carboxylic acids is 1. The number of aliphatic carboxylic acids is 1. The summed E-state index contributed by atoms with van der Waals surface area (Å²) >= 11 is 3.47. The van der Waals surface area contributed by atoms with Crippen LogP contribution in [0.15, 0.2) is 22.7 Å². The van der Waals surface area contributed by atoms with Crippen LogP contribution in [0.5, 0.6) is 0 Å². The molecule has 7 heteroatoms. The van der Waals surface area contributed by atoms with Crippen LogP contribution in [-0.2, 0) is 14.8 Å². The van der Waals surface area contributed by atoms with Crippen molar-refractivity contribution in [1.82, 2.24) is 4.31 Å². The van der Waals surface area contributed by atoms with E-state index in [-0.39, 0.29) is 0 Å². The Morgan fingerprint density at radius 1 is 1.38 bits per heavy atom. The second-order valence-electron chi connectivity index (χ2n) is 5.33. The van der Waals surface area contributed by atoms with Crippen molar-refractivity contribution in [3.05, 3.63) is 33.8 Å². The number of rotatable bonds is 4. The number of benzene rings is 1. The monoisotopic (exact) mass is 375 g/mol. The largest absolute Gasteiger partial charge is 0.480 e. The highest BCUT2D eigenvalue weighted by Crippen LogP contribution is 2.31. The highest BCUT2D eigenvalue weighted by molar-refractivity contribution is 9.10. The topological polar surface area (TPSA) is 74.7 Å². The number of hydrogen-bond donors (Lipinski definition) is 1. The molecule has 2 rings (SSSR count). The van der Waals surface area contributed by atoms with Crippen molar-refractivity contribution in [2.45, 2.75) is 25.7 Å². The maximum Gasteiger partial charge on any atom is 0.320 e. The highest BCUT2D eigenvalue weighted by atomic mass is 79.9. The van der Waals surface area contributed by atoms with Crippen LogP contribution in [0.2, 0.25) is 0 Å². The zero-order valence-electron chi connectivity index (χ0n) is 11.8. The Labute approximate surface area is 133 Å². The Morgan fingerprint density at radius 3 is 2.52 bits per heavy atom. The summed E-state index contributed by atoms with van der Waals surface area (Å²) < 4.78 is 26.1. The van der Waals surface area contributed by atoms with E-state index in [0.717, 1.165) is 22.9 Å². The second kappa shape index (κ2) is 6.46. The lowest BCUT2D eigenvalue weighted by atomic mass is 9.89. The Hall–Kier alpha value is -0.920. The maximum absolute atomic E-state index is 11.9.